The van der Waals surface area contributed by atoms with Crippen molar-refractivity contribution in [3.63, 3.8) is 0 Å². The van der Waals surface area contributed by atoms with Gasteiger partial charge in [-0.25, -0.2) is 4.98 Å². The van der Waals surface area contributed by atoms with Crippen molar-refractivity contribution in [1.82, 2.24) is 4.98 Å². The van der Waals surface area contributed by atoms with Gasteiger partial charge in [-0.2, -0.15) is 0 Å². The molecule has 0 amide bonds. The molecule has 2 rings (SSSR count). The van der Waals surface area contributed by atoms with Crippen LogP contribution in [0.25, 0.3) is 0 Å². The van der Waals surface area contributed by atoms with E-state index in [1.807, 2.05) is 0 Å². The molecule has 0 saturated carbocycles. The topological polar surface area (TPSA) is 51.6 Å². The Morgan fingerprint density at radius 3 is 2.67 bits per heavy atom. The van der Waals surface area contributed by atoms with Crippen LogP contribution < -0.4 is 9.47 Å². The van der Waals surface area contributed by atoms with Gasteiger partial charge in [0.15, 0.2) is 0 Å². The number of aromatic nitrogens is 1. The lowest BCUT2D eigenvalue weighted by Gasteiger charge is -2.14. The Morgan fingerprint density at radius 1 is 1.33 bits per heavy atom. The molecule has 0 aliphatic rings. The first kappa shape index (κ1) is 13.3. The minimum absolute atomic E-state index is 0.585. The molecule has 4 nitrogen and oxygen atoms in total. The third kappa shape index (κ3) is 2.50. The minimum atomic E-state index is -0.771. The number of hydrogen-bond acceptors (Lipinski definition) is 5. The van der Waals surface area contributed by atoms with Crippen molar-refractivity contribution in [2.45, 2.75) is 6.10 Å². The molecule has 0 spiro atoms. The maximum absolute atomic E-state index is 10.4. The van der Waals surface area contributed by atoms with Crippen molar-refractivity contribution in [2.75, 3.05) is 14.2 Å². The molecule has 1 atom stereocenters. The van der Waals surface area contributed by atoms with Crippen LogP contribution in [-0.4, -0.2) is 24.3 Å². The van der Waals surface area contributed by atoms with Crippen molar-refractivity contribution in [1.29, 1.82) is 0 Å². The van der Waals surface area contributed by atoms with Crippen molar-refractivity contribution < 1.29 is 14.6 Å². The molecule has 0 aliphatic heterocycles. The third-order valence-corrected chi connectivity index (χ3v) is 4.31. The van der Waals surface area contributed by atoms with E-state index in [1.54, 1.807) is 37.9 Å². The van der Waals surface area contributed by atoms with Crippen LogP contribution in [0.1, 0.15) is 16.5 Å². The molecule has 96 valence electrons. The van der Waals surface area contributed by atoms with Crippen LogP contribution in [0, 0.1) is 0 Å². The Morgan fingerprint density at radius 2 is 2.11 bits per heavy atom. The molecule has 0 saturated heterocycles. The van der Waals surface area contributed by atoms with Gasteiger partial charge in [0.05, 0.1) is 24.6 Å². The van der Waals surface area contributed by atoms with E-state index < -0.39 is 6.10 Å². The number of ether oxygens (including phenoxy) is 2. The summed E-state index contributed by atoms with van der Waals surface area (Å²) in [6, 6.07) is 5.32. The summed E-state index contributed by atoms with van der Waals surface area (Å²) in [6.07, 6.45) is -0.771. The number of benzene rings is 1. The van der Waals surface area contributed by atoms with Crippen LogP contribution in [0.15, 0.2) is 28.3 Å². The van der Waals surface area contributed by atoms with E-state index in [2.05, 4.69) is 20.9 Å². The largest absolute Gasteiger partial charge is 0.497 e. The average Bonchev–Trinajstić information content (AvgIpc) is 2.83. The molecule has 0 radical (unpaired) electrons. The predicted octanol–water partition coefficient (Wildman–Crippen LogP) is 3.00. The van der Waals surface area contributed by atoms with E-state index in [0.29, 0.717) is 21.7 Å². The van der Waals surface area contributed by atoms with Crippen LogP contribution in [-0.2, 0) is 0 Å². The predicted molar refractivity (Wildman–Crippen MR) is 73.4 cm³/mol. The first-order valence-electron chi connectivity index (χ1n) is 5.16. The Balaban J connectivity index is 2.41. The molecule has 1 N–H and O–H groups in total. The summed E-state index contributed by atoms with van der Waals surface area (Å²) in [5, 5.41) is 10.4. The number of nitrogens with zero attached hydrogens (tertiary/aromatic N) is 1. The quantitative estimate of drug-likeness (QED) is 0.936. The minimum Gasteiger partial charge on any atom is -0.497 e. The number of aliphatic hydroxyl groups excluding tert-OH is 1. The normalized spacial score (nSPS) is 12.2. The number of methoxy groups -OCH3 is 2. The molecule has 1 aromatic carbocycles. The van der Waals surface area contributed by atoms with Crippen molar-refractivity contribution in [3.8, 4) is 11.5 Å². The van der Waals surface area contributed by atoms with Gasteiger partial charge in [0.25, 0.3) is 0 Å². The van der Waals surface area contributed by atoms with Gasteiger partial charge in [-0.1, -0.05) is 0 Å². The van der Waals surface area contributed by atoms with Gasteiger partial charge >= 0.3 is 0 Å². The van der Waals surface area contributed by atoms with E-state index in [-0.39, 0.29) is 0 Å². The average molecular weight is 330 g/mol. The van der Waals surface area contributed by atoms with Gasteiger partial charge in [-0.05, 0) is 28.1 Å². The monoisotopic (exact) mass is 329 g/mol. The van der Waals surface area contributed by atoms with Gasteiger partial charge in [-0.15, -0.1) is 11.3 Å². The first-order chi connectivity index (χ1) is 8.67. The number of halogens is 1. The van der Waals surface area contributed by atoms with E-state index >= 15 is 0 Å². The highest BCUT2D eigenvalue weighted by Crippen LogP contribution is 2.37. The molecular formula is C12H12BrNO3S. The van der Waals surface area contributed by atoms with E-state index in [9.17, 15) is 5.11 Å². The molecule has 1 heterocycles. The van der Waals surface area contributed by atoms with Gasteiger partial charge in [-0.3, -0.25) is 0 Å². The lowest BCUT2D eigenvalue weighted by Crippen LogP contribution is -2.01. The van der Waals surface area contributed by atoms with Crippen LogP contribution >= 0.6 is 27.3 Å². The lowest BCUT2D eigenvalue weighted by molar-refractivity contribution is 0.217. The molecule has 2 aromatic rings. The van der Waals surface area contributed by atoms with Gasteiger partial charge in [0.1, 0.15) is 22.2 Å². The summed E-state index contributed by atoms with van der Waals surface area (Å²) in [5.74, 6) is 1.27. The summed E-state index contributed by atoms with van der Waals surface area (Å²) in [5.41, 5.74) is 2.36. The highest BCUT2D eigenvalue weighted by molar-refractivity contribution is 9.10. The molecule has 1 aromatic heterocycles. The summed E-state index contributed by atoms with van der Waals surface area (Å²) in [4.78, 5) is 4.81. The Kier molecular flexibility index (Phi) is 4.21. The van der Waals surface area contributed by atoms with Crippen molar-refractivity contribution >= 4 is 27.3 Å². The molecule has 1 unspecified atom stereocenters. The fourth-order valence-electron chi connectivity index (χ4n) is 1.60. The molecule has 0 aliphatic carbocycles. The van der Waals surface area contributed by atoms with E-state index in [1.165, 1.54) is 11.3 Å². The summed E-state index contributed by atoms with van der Waals surface area (Å²) in [7, 11) is 3.15. The molecule has 0 fully saturated rings. The zero-order valence-corrected chi connectivity index (χ0v) is 12.3. The number of rotatable bonds is 4. The highest BCUT2D eigenvalue weighted by atomic mass is 79.9. The van der Waals surface area contributed by atoms with Gasteiger partial charge in [0, 0.05) is 11.6 Å². The van der Waals surface area contributed by atoms with Crippen molar-refractivity contribution in [2.24, 2.45) is 0 Å². The first-order valence-corrected chi connectivity index (χ1v) is 6.83. The standard InChI is InChI=1S/C12H12BrNO3S/c1-16-7-3-4-8(9(5-7)17-2)10(15)11-12(13)14-6-18-11/h3-6,10,15H,1-2H3. The van der Waals surface area contributed by atoms with Crippen LogP contribution in [0.5, 0.6) is 11.5 Å². The molecule has 6 heteroatoms. The Hall–Kier alpha value is -1.11. The Labute approximate surface area is 117 Å². The van der Waals surface area contributed by atoms with Crippen molar-refractivity contribution in [3.05, 3.63) is 38.8 Å². The highest BCUT2D eigenvalue weighted by Gasteiger charge is 2.20. The second-order valence-electron chi connectivity index (χ2n) is 3.52. The number of hydrogen-bond donors (Lipinski definition) is 1. The maximum atomic E-state index is 10.4. The van der Waals surface area contributed by atoms with E-state index in [0.717, 1.165) is 4.88 Å². The van der Waals surface area contributed by atoms with Gasteiger partial charge < -0.3 is 14.6 Å². The zero-order chi connectivity index (χ0) is 13.1. The fraction of sp³-hybridized carbons (Fsp3) is 0.250. The molecule has 18 heavy (non-hydrogen) atoms. The fourth-order valence-corrected chi connectivity index (χ4v) is 3.02. The van der Waals surface area contributed by atoms with Crippen LogP contribution in [0.4, 0.5) is 0 Å². The summed E-state index contributed by atoms with van der Waals surface area (Å²) < 4.78 is 11.1. The van der Waals surface area contributed by atoms with E-state index in [4.69, 9.17) is 9.47 Å². The Bertz CT molecular complexity index is 544. The number of aliphatic hydroxyl groups is 1. The second kappa shape index (κ2) is 5.69. The second-order valence-corrected chi connectivity index (χ2v) is 5.16. The lowest BCUT2D eigenvalue weighted by atomic mass is 10.1. The zero-order valence-electron chi connectivity index (χ0n) is 9.88. The number of thiazole rings is 1. The molecule has 0 bridgehead atoms. The van der Waals surface area contributed by atoms with Crippen LogP contribution in [0.2, 0.25) is 0 Å². The smallest absolute Gasteiger partial charge is 0.128 e. The summed E-state index contributed by atoms with van der Waals surface area (Å²) >= 11 is 4.70. The maximum Gasteiger partial charge on any atom is 0.128 e. The van der Waals surface area contributed by atoms with Crippen LogP contribution in [0.3, 0.4) is 0 Å². The summed E-state index contributed by atoms with van der Waals surface area (Å²) in [6.45, 7) is 0. The third-order valence-electron chi connectivity index (χ3n) is 2.53. The molecular weight excluding hydrogens is 318 g/mol. The SMILES string of the molecule is COc1ccc(C(O)c2scnc2Br)c(OC)c1. The van der Waals surface area contributed by atoms with Gasteiger partial charge in [0.2, 0.25) is 0 Å².